The van der Waals surface area contributed by atoms with Crippen LogP contribution in [0.5, 0.6) is 0 Å². The fourth-order valence-corrected chi connectivity index (χ4v) is 5.04. The van der Waals surface area contributed by atoms with E-state index in [1.807, 2.05) is 24.3 Å². The maximum atomic E-state index is 13.0. The highest BCUT2D eigenvalue weighted by molar-refractivity contribution is 7.89. The van der Waals surface area contributed by atoms with E-state index in [-0.39, 0.29) is 10.8 Å². The first kappa shape index (κ1) is 19.6. The zero-order valence-electron chi connectivity index (χ0n) is 15.8. The van der Waals surface area contributed by atoms with Crippen molar-refractivity contribution >= 4 is 21.6 Å². The van der Waals surface area contributed by atoms with E-state index in [0.29, 0.717) is 24.6 Å². The number of rotatable bonds is 5. The molecule has 0 saturated carbocycles. The van der Waals surface area contributed by atoms with Gasteiger partial charge in [0.1, 0.15) is 6.04 Å². The Balaban J connectivity index is 1.79. The van der Waals surface area contributed by atoms with Crippen LogP contribution >= 0.6 is 0 Å². The lowest BCUT2D eigenvalue weighted by Crippen LogP contribution is -2.49. The average molecular weight is 387 g/mol. The van der Waals surface area contributed by atoms with Crippen LogP contribution in [-0.4, -0.2) is 31.2 Å². The van der Waals surface area contributed by atoms with Gasteiger partial charge in [0.05, 0.1) is 4.90 Å². The minimum atomic E-state index is -3.69. The first-order valence-electron chi connectivity index (χ1n) is 9.37. The molecule has 1 saturated heterocycles. The highest BCUT2D eigenvalue weighted by atomic mass is 32.2. The Hall–Kier alpha value is -2.18. The van der Waals surface area contributed by atoms with E-state index < -0.39 is 16.1 Å². The summed E-state index contributed by atoms with van der Waals surface area (Å²) in [5.41, 5.74) is 1.88. The fourth-order valence-electron chi connectivity index (χ4n) is 3.36. The molecule has 144 valence electrons. The second kappa shape index (κ2) is 8.23. The lowest BCUT2D eigenvalue weighted by molar-refractivity contribution is -0.120. The number of hydrogen-bond acceptors (Lipinski definition) is 3. The summed E-state index contributed by atoms with van der Waals surface area (Å²) in [5, 5.41) is 2.89. The van der Waals surface area contributed by atoms with Gasteiger partial charge in [0, 0.05) is 12.2 Å². The molecular weight excluding hydrogens is 360 g/mol. The number of benzene rings is 2. The lowest BCUT2D eigenvalue weighted by Gasteiger charge is -2.33. The topological polar surface area (TPSA) is 66.5 Å². The molecule has 1 N–H and O–H groups in total. The molecule has 0 aliphatic carbocycles. The second-order valence-corrected chi connectivity index (χ2v) is 9.10. The van der Waals surface area contributed by atoms with Gasteiger partial charge < -0.3 is 5.32 Å². The van der Waals surface area contributed by atoms with Gasteiger partial charge in [0.25, 0.3) is 0 Å². The first-order chi connectivity index (χ1) is 12.9. The van der Waals surface area contributed by atoms with Gasteiger partial charge in [-0.05, 0) is 48.6 Å². The third-order valence-corrected chi connectivity index (χ3v) is 6.87. The molecule has 1 aliphatic heterocycles. The van der Waals surface area contributed by atoms with Gasteiger partial charge in [-0.3, -0.25) is 4.79 Å². The number of nitrogens with zero attached hydrogens (tertiary/aromatic N) is 1. The van der Waals surface area contributed by atoms with Gasteiger partial charge in [-0.2, -0.15) is 4.31 Å². The average Bonchev–Trinajstić information content (AvgIpc) is 2.69. The molecule has 1 fully saturated rings. The predicted octanol–water partition coefficient (Wildman–Crippen LogP) is 3.99. The molecule has 6 heteroatoms. The van der Waals surface area contributed by atoms with E-state index in [4.69, 9.17) is 0 Å². The molecule has 27 heavy (non-hydrogen) atoms. The van der Waals surface area contributed by atoms with Gasteiger partial charge >= 0.3 is 0 Å². The summed E-state index contributed by atoms with van der Waals surface area (Å²) >= 11 is 0. The third-order valence-electron chi connectivity index (χ3n) is 4.95. The highest BCUT2D eigenvalue weighted by Gasteiger charge is 2.37. The van der Waals surface area contributed by atoms with Crippen molar-refractivity contribution < 1.29 is 13.2 Å². The Kier molecular flexibility index (Phi) is 5.97. The van der Waals surface area contributed by atoms with Crippen molar-refractivity contribution in [2.45, 2.75) is 50.0 Å². The van der Waals surface area contributed by atoms with Crippen molar-refractivity contribution in [3.8, 4) is 0 Å². The van der Waals surface area contributed by atoms with E-state index in [1.165, 1.54) is 9.87 Å². The van der Waals surface area contributed by atoms with Crippen LogP contribution in [0.15, 0.2) is 59.5 Å². The number of carbonyl (C=O) groups is 1. The molecule has 3 rings (SSSR count). The summed E-state index contributed by atoms with van der Waals surface area (Å²) in [6, 6.07) is 15.3. The van der Waals surface area contributed by atoms with Crippen LogP contribution < -0.4 is 5.32 Å². The van der Waals surface area contributed by atoms with Crippen molar-refractivity contribution in [2.24, 2.45) is 0 Å². The van der Waals surface area contributed by atoms with E-state index in [2.05, 4.69) is 19.2 Å². The van der Waals surface area contributed by atoms with Gasteiger partial charge in [0.2, 0.25) is 15.9 Å². The van der Waals surface area contributed by atoms with Crippen molar-refractivity contribution in [1.82, 2.24) is 4.31 Å². The predicted molar refractivity (Wildman–Crippen MR) is 107 cm³/mol. The number of nitrogens with one attached hydrogen (secondary N) is 1. The molecule has 0 radical (unpaired) electrons. The van der Waals surface area contributed by atoms with Gasteiger partial charge in [-0.1, -0.05) is 50.6 Å². The van der Waals surface area contributed by atoms with Crippen molar-refractivity contribution in [2.75, 3.05) is 11.9 Å². The Labute approximate surface area is 161 Å². The van der Waals surface area contributed by atoms with E-state index in [9.17, 15) is 13.2 Å². The van der Waals surface area contributed by atoms with Crippen LogP contribution in [0.2, 0.25) is 0 Å². The van der Waals surface area contributed by atoms with Crippen LogP contribution in [-0.2, 0) is 14.8 Å². The van der Waals surface area contributed by atoms with Crippen LogP contribution in [0.1, 0.15) is 44.6 Å². The molecule has 1 atom stereocenters. The van der Waals surface area contributed by atoms with Crippen molar-refractivity contribution in [3.63, 3.8) is 0 Å². The number of sulfonamides is 1. The molecule has 2 aromatic carbocycles. The highest BCUT2D eigenvalue weighted by Crippen LogP contribution is 2.26. The Morgan fingerprint density at radius 3 is 2.33 bits per heavy atom. The van der Waals surface area contributed by atoms with Gasteiger partial charge in [-0.15, -0.1) is 0 Å². The normalized spacial score (nSPS) is 18.4. The molecule has 0 spiro atoms. The minimum Gasteiger partial charge on any atom is -0.325 e. The van der Waals surface area contributed by atoms with Crippen molar-refractivity contribution in [3.05, 3.63) is 60.2 Å². The lowest BCUT2D eigenvalue weighted by atomic mass is 10.0. The summed E-state index contributed by atoms with van der Waals surface area (Å²) < 4.78 is 27.4. The molecule has 2 aromatic rings. The first-order valence-corrected chi connectivity index (χ1v) is 10.8. The maximum Gasteiger partial charge on any atom is 0.243 e. The van der Waals surface area contributed by atoms with Crippen LogP contribution in [0.3, 0.4) is 0 Å². The number of piperidine rings is 1. The number of hydrogen-bond donors (Lipinski definition) is 1. The summed E-state index contributed by atoms with van der Waals surface area (Å²) in [7, 11) is -3.69. The zero-order valence-corrected chi connectivity index (χ0v) is 16.6. The molecular formula is C21H26N2O3S. The fraction of sp³-hybridized carbons (Fsp3) is 0.381. The monoisotopic (exact) mass is 386 g/mol. The van der Waals surface area contributed by atoms with E-state index >= 15 is 0 Å². The molecule has 1 amide bonds. The Bertz CT molecular complexity index is 877. The van der Waals surface area contributed by atoms with E-state index in [0.717, 1.165) is 12.8 Å². The van der Waals surface area contributed by atoms with Crippen LogP contribution in [0.25, 0.3) is 0 Å². The largest absolute Gasteiger partial charge is 0.325 e. The standard InChI is InChI=1S/C21H26N2O3S/c1-16(2)17-11-13-18(14-12-17)22-21(24)20-10-6-7-15-23(20)27(25,26)19-8-4-3-5-9-19/h3-5,8-9,11-14,16,20H,6-7,10,15H2,1-2H3,(H,22,24)/t20-/m0/s1. The smallest absolute Gasteiger partial charge is 0.243 e. The van der Waals surface area contributed by atoms with Crippen LogP contribution in [0, 0.1) is 0 Å². The minimum absolute atomic E-state index is 0.228. The molecule has 1 heterocycles. The SMILES string of the molecule is CC(C)c1ccc(NC(=O)[C@@H]2CCCCN2S(=O)(=O)c2ccccc2)cc1. The van der Waals surface area contributed by atoms with Gasteiger partial charge in [-0.25, -0.2) is 8.42 Å². The summed E-state index contributed by atoms with van der Waals surface area (Å²) in [6.45, 7) is 4.59. The third kappa shape index (κ3) is 4.39. The second-order valence-electron chi connectivity index (χ2n) is 7.21. The van der Waals surface area contributed by atoms with Crippen molar-refractivity contribution in [1.29, 1.82) is 0 Å². The van der Waals surface area contributed by atoms with E-state index in [1.54, 1.807) is 30.3 Å². The summed E-state index contributed by atoms with van der Waals surface area (Å²) in [4.78, 5) is 13.1. The molecule has 0 bridgehead atoms. The Morgan fingerprint density at radius 1 is 1.04 bits per heavy atom. The van der Waals surface area contributed by atoms with Crippen LogP contribution in [0.4, 0.5) is 5.69 Å². The quantitative estimate of drug-likeness (QED) is 0.845. The Morgan fingerprint density at radius 2 is 1.70 bits per heavy atom. The molecule has 0 aromatic heterocycles. The zero-order chi connectivity index (χ0) is 19.4. The maximum absolute atomic E-state index is 13.0. The number of anilines is 1. The molecule has 5 nitrogen and oxygen atoms in total. The summed E-state index contributed by atoms with van der Waals surface area (Å²) in [5.74, 6) is 0.145. The number of carbonyl (C=O) groups excluding carboxylic acids is 1. The number of amides is 1. The van der Waals surface area contributed by atoms with Gasteiger partial charge in [0.15, 0.2) is 0 Å². The molecule has 1 aliphatic rings. The summed E-state index contributed by atoms with van der Waals surface area (Å²) in [6.07, 6.45) is 2.13. The molecule has 0 unspecified atom stereocenters.